The number of ether oxygens (including phenoxy) is 3. The van der Waals surface area contributed by atoms with Crippen LogP contribution in [0.25, 0.3) is 0 Å². The Kier molecular flexibility index (Phi) is 5.51. The quantitative estimate of drug-likeness (QED) is 0.447. The highest BCUT2D eigenvalue weighted by Crippen LogP contribution is 2.52. The van der Waals surface area contributed by atoms with Crippen molar-refractivity contribution in [3.8, 4) is 0 Å². The Balaban J connectivity index is 2.12. The van der Waals surface area contributed by atoms with Crippen LogP contribution in [0.5, 0.6) is 0 Å². The number of anilines is 1. The van der Waals surface area contributed by atoms with Gasteiger partial charge in [-0.3, -0.25) is 4.79 Å². The number of carbonyl (C=O) groups excluding carboxylic acids is 1. The molecule has 2 heterocycles. The van der Waals surface area contributed by atoms with E-state index in [1.54, 1.807) is 20.8 Å². The number of nitrogens with zero attached hydrogens (tertiary/aromatic N) is 1. The van der Waals surface area contributed by atoms with Crippen molar-refractivity contribution in [2.24, 2.45) is 10.9 Å². The van der Waals surface area contributed by atoms with Crippen LogP contribution in [0, 0.1) is 11.7 Å². The fraction of sp³-hybridized carbons (Fsp3) is 0.600. The van der Waals surface area contributed by atoms with Crippen molar-refractivity contribution in [3.05, 3.63) is 29.6 Å². The van der Waals surface area contributed by atoms with Gasteiger partial charge in [0, 0.05) is 11.3 Å². The molecule has 10 heteroatoms. The van der Waals surface area contributed by atoms with E-state index < -0.39 is 59.5 Å². The van der Waals surface area contributed by atoms with Crippen molar-refractivity contribution in [1.29, 1.82) is 0 Å². The van der Waals surface area contributed by atoms with Crippen molar-refractivity contribution >= 4 is 17.6 Å². The second kappa shape index (κ2) is 7.40. The Labute approximate surface area is 171 Å². The maximum absolute atomic E-state index is 14.8. The van der Waals surface area contributed by atoms with Gasteiger partial charge in [0.2, 0.25) is 6.10 Å². The molecule has 0 unspecified atom stereocenters. The van der Waals surface area contributed by atoms with Crippen LogP contribution in [0.1, 0.15) is 39.7 Å². The van der Waals surface area contributed by atoms with Crippen molar-refractivity contribution in [2.45, 2.75) is 63.6 Å². The third-order valence-corrected chi connectivity index (χ3v) is 5.03. The highest BCUT2D eigenvalue weighted by molar-refractivity contribution is 5.95. The Hall–Kier alpha value is -2.36. The molecule has 0 saturated carbocycles. The minimum atomic E-state index is -4.80. The van der Waals surface area contributed by atoms with Gasteiger partial charge in [0.25, 0.3) is 0 Å². The number of nitrogens with two attached hydrogens (primary N) is 1. The second-order valence-corrected chi connectivity index (χ2v) is 8.55. The van der Waals surface area contributed by atoms with E-state index in [1.807, 2.05) is 0 Å². The normalized spacial score (nSPS) is 29.1. The number of benzene rings is 1. The number of fused-ring (bicyclic) bond motifs is 1. The molecule has 2 N–H and O–H groups in total. The minimum Gasteiger partial charge on any atom is -0.467 e. The van der Waals surface area contributed by atoms with Gasteiger partial charge >= 0.3 is 12.1 Å². The Bertz CT molecular complexity index is 865. The largest absolute Gasteiger partial charge is 0.467 e. The maximum Gasteiger partial charge on any atom is 0.425 e. The summed E-state index contributed by atoms with van der Waals surface area (Å²) in [6.45, 7) is 6.01. The molecule has 2 aliphatic rings. The van der Waals surface area contributed by atoms with Crippen LogP contribution in [0.4, 0.5) is 23.2 Å². The van der Waals surface area contributed by atoms with Gasteiger partial charge in [0.05, 0.1) is 18.6 Å². The molecule has 0 aromatic heterocycles. The van der Waals surface area contributed by atoms with Crippen molar-refractivity contribution in [1.82, 2.24) is 0 Å². The molecule has 166 valence electrons. The van der Waals surface area contributed by atoms with Crippen LogP contribution in [0.15, 0.2) is 23.2 Å². The van der Waals surface area contributed by atoms with Crippen LogP contribution >= 0.6 is 0 Å². The van der Waals surface area contributed by atoms with Crippen molar-refractivity contribution in [2.75, 3.05) is 12.3 Å². The second-order valence-electron chi connectivity index (χ2n) is 8.55. The Morgan fingerprint density at radius 2 is 2.00 bits per heavy atom. The van der Waals surface area contributed by atoms with E-state index in [0.717, 1.165) is 6.07 Å². The van der Waals surface area contributed by atoms with Gasteiger partial charge < -0.3 is 19.9 Å². The molecule has 1 fully saturated rings. The minimum absolute atomic E-state index is 0.129. The van der Waals surface area contributed by atoms with Gasteiger partial charge in [0.1, 0.15) is 23.4 Å². The highest BCUT2D eigenvalue weighted by atomic mass is 19.4. The summed E-state index contributed by atoms with van der Waals surface area (Å²) in [7, 11) is 0. The average molecular weight is 432 g/mol. The maximum atomic E-state index is 14.8. The topological polar surface area (TPSA) is 83.1 Å². The molecule has 1 aromatic rings. The summed E-state index contributed by atoms with van der Waals surface area (Å²) < 4.78 is 72.3. The first-order chi connectivity index (χ1) is 13.7. The number of hydrogen-bond acceptors (Lipinski definition) is 6. The summed E-state index contributed by atoms with van der Waals surface area (Å²) in [5, 5.41) is 0. The van der Waals surface area contributed by atoms with Crippen LogP contribution in [0.3, 0.4) is 0 Å². The van der Waals surface area contributed by atoms with Gasteiger partial charge in [-0.1, -0.05) is 0 Å². The molecule has 0 amide bonds. The van der Waals surface area contributed by atoms with E-state index in [4.69, 9.17) is 19.9 Å². The molecule has 2 aliphatic heterocycles. The average Bonchev–Trinajstić information content (AvgIpc) is 2.91. The molecule has 1 saturated heterocycles. The van der Waals surface area contributed by atoms with E-state index in [-0.39, 0.29) is 17.9 Å². The third kappa shape index (κ3) is 4.23. The summed E-state index contributed by atoms with van der Waals surface area (Å²) in [5.41, 5.74) is 3.22. The van der Waals surface area contributed by atoms with Crippen LogP contribution in [-0.4, -0.2) is 42.5 Å². The first-order valence-electron chi connectivity index (χ1n) is 9.44. The van der Waals surface area contributed by atoms with Crippen molar-refractivity contribution in [3.63, 3.8) is 0 Å². The summed E-state index contributed by atoms with van der Waals surface area (Å²) in [5.74, 6) is -3.43. The molecular formula is C20H24F4N2O4. The zero-order chi connectivity index (χ0) is 22.5. The molecule has 6 nitrogen and oxygen atoms in total. The predicted octanol–water partition coefficient (Wildman–Crippen LogP) is 3.73. The first kappa shape index (κ1) is 22.3. The van der Waals surface area contributed by atoms with E-state index >= 15 is 0 Å². The standard InChI is InChI=1S/C20H24F4N2O4/c1-10-16-17(20(22,23)24)29-14(8-15(27)30-18(2,3)4)26-19(16,9-28-10)12-7-11(25)5-6-13(12)21/h5-7,10,16-17H,8-9,25H2,1-4H3/t10-,16+,17+,19-/m1/s1. The van der Waals surface area contributed by atoms with Crippen LogP contribution in [-0.2, 0) is 24.5 Å². The highest BCUT2D eigenvalue weighted by Gasteiger charge is 2.64. The third-order valence-electron chi connectivity index (χ3n) is 5.03. The molecule has 0 aliphatic carbocycles. The number of carbonyl (C=O) groups is 1. The van der Waals surface area contributed by atoms with Crippen LogP contribution in [0.2, 0.25) is 0 Å². The van der Waals surface area contributed by atoms with Crippen LogP contribution < -0.4 is 5.73 Å². The number of rotatable bonds is 3. The lowest BCUT2D eigenvalue weighted by molar-refractivity contribution is -0.227. The lowest BCUT2D eigenvalue weighted by Crippen LogP contribution is -2.54. The molecular weight excluding hydrogens is 408 g/mol. The number of aliphatic imine (C=N–C) groups is 1. The van der Waals surface area contributed by atoms with Gasteiger partial charge in [0.15, 0.2) is 5.90 Å². The lowest BCUT2D eigenvalue weighted by atomic mass is 9.74. The molecule has 4 atom stereocenters. The first-order valence-corrected chi connectivity index (χ1v) is 9.44. The molecule has 30 heavy (non-hydrogen) atoms. The number of halogens is 4. The summed E-state index contributed by atoms with van der Waals surface area (Å²) in [6, 6.07) is 3.62. The zero-order valence-corrected chi connectivity index (χ0v) is 17.0. The molecule has 0 bridgehead atoms. The monoisotopic (exact) mass is 432 g/mol. The summed E-state index contributed by atoms with van der Waals surface area (Å²) in [6.07, 6.45) is -8.70. The Morgan fingerprint density at radius 1 is 1.33 bits per heavy atom. The van der Waals surface area contributed by atoms with Gasteiger partial charge in [-0.2, -0.15) is 13.2 Å². The van der Waals surface area contributed by atoms with Crippen molar-refractivity contribution < 1.29 is 36.6 Å². The van der Waals surface area contributed by atoms with E-state index in [0.29, 0.717) is 0 Å². The fourth-order valence-electron chi connectivity index (χ4n) is 3.96. The summed E-state index contributed by atoms with van der Waals surface area (Å²) >= 11 is 0. The predicted molar refractivity (Wildman–Crippen MR) is 100 cm³/mol. The van der Waals surface area contributed by atoms with E-state index in [9.17, 15) is 22.4 Å². The molecule has 3 rings (SSSR count). The number of esters is 1. The van der Waals surface area contributed by atoms with Gasteiger partial charge in [-0.25, -0.2) is 9.38 Å². The summed E-state index contributed by atoms with van der Waals surface area (Å²) in [4.78, 5) is 16.5. The number of alkyl halides is 3. The SMILES string of the molecule is C[C@H]1OC[C@]2(c3cc(N)ccc3F)N=C(CC(=O)OC(C)(C)C)O[C@H](C(F)(F)F)[C@H]12. The van der Waals surface area contributed by atoms with Gasteiger partial charge in [-0.05, 0) is 45.9 Å². The van der Waals surface area contributed by atoms with E-state index in [2.05, 4.69) is 4.99 Å². The lowest BCUT2D eigenvalue weighted by Gasteiger charge is -2.42. The molecule has 0 radical (unpaired) electrons. The smallest absolute Gasteiger partial charge is 0.425 e. The van der Waals surface area contributed by atoms with Gasteiger partial charge in [-0.15, -0.1) is 0 Å². The zero-order valence-electron chi connectivity index (χ0n) is 17.0. The van der Waals surface area contributed by atoms with E-state index in [1.165, 1.54) is 19.1 Å². The molecule has 0 spiro atoms. The molecule has 1 aromatic carbocycles. The number of hydrogen-bond donors (Lipinski definition) is 1. The fourth-order valence-corrected chi connectivity index (χ4v) is 3.96. The number of nitrogen functional groups attached to an aromatic ring is 1. The Morgan fingerprint density at radius 3 is 2.60 bits per heavy atom.